The average molecular weight is 337 g/mol. The van der Waals surface area contributed by atoms with E-state index in [-0.39, 0.29) is 24.5 Å². The number of nitrogens with zero attached hydrogens (tertiary/aromatic N) is 1. The zero-order valence-electron chi connectivity index (χ0n) is 13.8. The van der Waals surface area contributed by atoms with E-state index >= 15 is 0 Å². The topological polar surface area (TPSA) is 77.8 Å². The number of rotatable bonds is 4. The van der Waals surface area contributed by atoms with Crippen molar-refractivity contribution >= 4 is 17.4 Å². The predicted octanol–water partition coefficient (Wildman–Crippen LogP) is 2.41. The van der Waals surface area contributed by atoms with Crippen LogP contribution in [0.5, 0.6) is 0 Å². The molecule has 1 amide bonds. The van der Waals surface area contributed by atoms with Gasteiger partial charge < -0.3 is 15.1 Å². The fraction of sp³-hybridized carbons (Fsp3) is 0.200. The number of ketones is 1. The Morgan fingerprint density at radius 2 is 1.68 bits per heavy atom. The van der Waals surface area contributed by atoms with Crippen LogP contribution in [0.1, 0.15) is 22.7 Å². The van der Waals surface area contributed by atoms with Crippen molar-refractivity contribution in [3.8, 4) is 0 Å². The molecule has 2 aromatic rings. The molecule has 0 radical (unpaired) electrons. The molecule has 0 aliphatic carbocycles. The molecule has 1 saturated heterocycles. The van der Waals surface area contributed by atoms with Gasteiger partial charge in [0.25, 0.3) is 11.7 Å². The van der Waals surface area contributed by atoms with Gasteiger partial charge in [-0.05, 0) is 12.5 Å². The minimum Gasteiger partial charge on any atom is -0.507 e. The van der Waals surface area contributed by atoms with Crippen molar-refractivity contribution < 1.29 is 19.8 Å². The molecule has 5 nitrogen and oxygen atoms in total. The molecule has 25 heavy (non-hydrogen) atoms. The summed E-state index contributed by atoms with van der Waals surface area (Å²) in [6.45, 7) is 1.70. The summed E-state index contributed by atoms with van der Waals surface area (Å²) in [5.41, 5.74) is 2.29. The Hall–Kier alpha value is -2.92. The maximum Gasteiger partial charge on any atom is 0.295 e. The van der Waals surface area contributed by atoms with Gasteiger partial charge in [-0.25, -0.2) is 0 Å². The van der Waals surface area contributed by atoms with Gasteiger partial charge in [0, 0.05) is 12.1 Å². The summed E-state index contributed by atoms with van der Waals surface area (Å²) >= 11 is 0. The minimum absolute atomic E-state index is 0.0225. The van der Waals surface area contributed by atoms with Crippen LogP contribution in [0.2, 0.25) is 0 Å². The van der Waals surface area contributed by atoms with Gasteiger partial charge in [0.15, 0.2) is 0 Å². The second-order valence-corrected chi connectivity index (χ2v) is 5.99. The van der Waals surface area contributed by atoms with Gasteiger partial charge >= 0.3 is 0 Å². The lowest BCUT2D eigenvalue weighted by Crippen LogP contribution is -2.32. The molecule has 1 aliphatic heterocycles. The van der Waals surface area contributed by atoms with Crippen molar-refractivity contribution in [1.29, 1.82) is 0 Å². The van der Waals surface area contributed by atoms with Crippen molar-refractivity contribution in [2.24, 2.45) is 0 Å². The number of carbonyl (C=O) groups is 2. The SMILES string of the molecule is Cc1ccc(C2/C(=C(/O)c3ccccc3)C(=O)C(=O)N2CCO)cc1. The van der Waals surface area contributed by atoms with E-state index in [9.17, 15) is 19.8 Å². The number of hydrogen-bond acceptors (Lipinski definition) is 4. The van der Waals surface area contributed by atoms with Gasteiger partial charge in [0.05, 0.1) is 18.2 Å². The second kappa shape index (κ2) is 6.91. The van der Waals surface area contributed by atoms with Crippen molar-refractivity contribution in [3.05, 3.63) is 76.9 Å². The zero-order valence-corrected chi connectivity index (χ0v) is 13.8. The highest BCUT2D eigenvalue weighted by Crippen LogP contribution is 2.39. The highest BCUT2D eigenvalue weighted by atomic mass is 16.3. The van der Waals surface area contributed by atoms with Crippen LogP contribution >= 0.6 is 0 Å². The molecule has 0 spiro atoms. The lowest BCUT2D eigenvalue weighted by Gasteiger charge is -2.24. The molecule has 1 atom stereocenters. The molecular weight excluding hydrogens is 318 g/mol. The van der Waals surface area contributed by atoms with Crippen LogP contribution in [-0.2, 0) is 9.59 Å². The predicted molar refractivity (Wildman–Crippen MR) is 93.7 cm³/mol. The largest absolute Gasteiger partial charge is 0.507 e. The molecule has 0 saturated carbocycles. The Labute approximate surface area is 145 Å². The third-order valence-electron chi connectivity index (χ3n) is 4.32. The molecular formula is C20H19NO4. The summed E-state index contributed by atoms with van der Waals surface area (Å²) in [6, 6.07) is 15.4. The third kappa shape index (κ3) is 3.06. The van der Waals surface area contributed by atoms with Crippen LogP contribution in [0.25, 0.3) is 5.76 Å². The maximum absolute atomic E-state index is 12.6. The number of benzene rings is 2. The van der Waals surface area contributed by atoms with E-state index in [2.05, 4.69) is 0 Å². The molecule has 128 valence electrons. The van der Waals surface area contributed by atoms with Crippen LogP contribution < -0.4 is 0 Å². The Balaban J connectivity index is 2.18. The summed E-state index contributed by atoms with van der Waals surface area (Å²) in [5, 5.41) is 20.0. The number of Topliss-reactive ketones (excluding diaryl/α,β-unsaturated/α-hetero) is 1. The Bertz CT molecular complexity index is 825. The van der Waals surface area contributed by atoms with Crippen molar-refractivity contribution in [2.75, 3.05) is 13.2 Å². The molecule has 1 heterocycles. The zero-order chi connectivity index (χ0) is 18.0. The van der Waals surface area contributed by atoms with E-state index in [0.717, 1.165) is 11.1 Å². The van der Waals surface area contributed by atoms with Gasteiger partial charge in [-0.1, -0.05) is 60.2 Å². The molecule has 2 aromatic carbocycles. The van der Waals surface area contributed by atoms with E-state index in [1.54, 1.807) is 30.3 Å². The Morgan fingerprint density at radius 3 is 2.28 bits per heavy atom. The molecule has 5 heteroatoms. The van der Waals surface area contributed by atoms with Crippen molar-refractivity contribution in [3.63, 3.8) is 0 Å². The van der Waals surface area contributed by atoms with E-state index in [1.165, 1.54) is 4.90 Å². The summed E-state index contributed by atoms with van der Waals surface area (Å²) in [6.07, 6.45) is 0. The van der Waals surface area contributed by atoms with Gasteiger partial charge in [0.1, 0.15) is 5.76 Å². The molecule has 2 N–H and O–H groups in total. The monoisotopic (exact) mass is 337 g/mol. The average Bonchev–Trinajstić information content (AvgIpc) is 2.88. The first kappa shape index (κ1) is 16.9. The molecule has 3 rings (SSSR count). The standard InChI is InChI=1S/C20H19NO4/c1-13-7-9-14(10-8-13)17-16(18(23)15-5-3-2-4-6-15)19(24)20(25)21(17)11-12-22/h2-10,17,22-23H,11-12H2,1H3/b18-16-. The van der Waals surface area contributed by atoms with Crippen LogP contribution in [0.15, 0.2) is 60.2 Å². The van der Waals surface area contributed by atoms with Gasteiger partial charge in [0.2, 0.25) is 0 Å². The van der Waals surface area contributed by atoms with E-state index in [1.807, 2.05) is 31.2 Å². The van der Waals surface area contributed by atoms with E-state index in [0.29, 0.717) is 5.56 Å². The number of aliphatic hydroxyl groups excluding tert-OH is 2. The summed E-state index contributed by atoms with van der Waals surface area (Å²) in [5.74, 6) is -1.65. The molecule has 1 aliphatic rings. The lowest BCUT2D eigenvalue weighted by molar-refractivity contribution is -0.140. The summed E-state index contributed by atoms with van der Waals surface area (Å²) < 4.78 is 0. The first-order valence-corrected chi connectivity index (χ1v) is 8.06. The molecule has 0 bridgehead atoms. The van der Waals surface area contributed by atoms with E-state index in [4.69, 9.17) is 0 Å². The number of likely N-dealkylation sites (tertiary alicyclic amines) is 1. The normalized spacial score (nSPS) is 19.4. The smallest absolute Gasteiger partial charge is 0.295 e. The number of amides is 1. The summed E-state index contributed by atoms with van der Waals surface area (Å²) in [4.78, 5) is 26.3. The summed E-state index contributed by atoms with van der Waals surface area (Å²) in [7, 11) is 0. The quantitative estimate of drug-likeness (QED) is 0.510. The first-order valence-electron chi connectivity index (χ1n) is 8.06. The fourth-order valence-corrected chi connectivity index (χ4v) is 3.07. The van der Waals surface area contributed by atoms with Crippen molar-refractivity contribution in [1.82, 2.24) is 4.90 Å². The Kier molecular flexibility index (Phi) is 4.67. The second-order valence-electron chi connectivity index (χ2n) is 5.99. The highest BCUT2D eigenvalue weighted by Gasteiger charge is 2.45. The molecule has 1 fully saturated rings. The van der Waals surface area contributed by atoms with E-state index < -0.39 is 17.7 Å². The van der Waals surface area contributed by atoms with Gasteiger partial charge in [-0.15, -0.1) is 0 Å². The number of aliphatic hydroxyl groups is 2. The minimum atomic E-state index is -0.736. The first-order chi connectivity index (χ1) is 12.0. The maximum atomic E-state index is 12.6. The highest BCUT2D eigenvalue weighted by molar-refractivity contribution is 6.46. The number of hydrogen-bond donors (Lipinski definition) is 2. The van der Waals surface area contributed by atoms with Crippen molar-refractivity contribution in [2.45, 2.75) is 13.0 Å². The molecule has 1 unspecified atom stereocenters. The fourth-order valence-electron chi connectivity index (χ4n) is 3.07. The van der Waals surface area contributed by atoms with Crippen LogP contribution in [0.4, 0.5) is 0 Å². The Morgan fingerprint density at radius 1 is 1.04 bits per heavy atom. The number of β-amino-alcohol motifs (C(OH)–C–C–N with tert-alkyl or cyclic N) is 1. The molecule has 0 aromatic heterocycles. The van der Waals surface area contributed by atoms with Crippen LogP contribution in [0, 0.1) is 6.92 Å². The van der Waals surface area contributed by atoms with Gasteiger partial charge in [-0.2, -0.15) is 0 Å². The van der Waals surface area contributed by atoms with Crippen LogP contribution in [-0.4, -0.2) is 40.0 Å². The van der Waals surface area contributed by atoms with Crippen LogP contribution in [0.3, 0.4) is 0 Å². The lowest BCUT2D eigenvalue weighted by atomic mass is 9.95. The number of carbonyl (C=O) groups excluding carboxylic acids is 2. The third-order valence-corrected chi connectivity index (χ3v) is 4.32. The van der Waals surface area contributed by atoms with Gasteiger partial charge in [-0.3, -0.25) is 9.59 Å². The number of aryl methyl sites for hydroxylation is 1.